The lowest BCUT2D eigenvalue weighted by atomic mass is 10.2. The Kier molecular flexibility index (Phi) is 4.52. The molecule has 0 aliphatic carbocycles. The van der Waals surface area contributed by atoms with Gasteiger partial charge in [-0.1, -0.05) is 17.7 Å². The van der Waals surface area contributed by atoms with E-state index in [1.165, 1.54) is 0 Å². The summed E-state index contributed by atoms with van der Waals surface area (Å²) in [5.74, 6) is -1.13. The largest absolute Gasteiger partial charge is 0.332 e. The van der Waals surface area contributed by atoms with Gasteiger partial charge in [0.25, 0.3) is 0 Å². The summed E-state index contributed by atoms with van der Waals surface area (Å²) in [4.78, 5) is 0. The summed E-state index contributed by atoms with van der Waals surface area (Å²) >= 11 is 11.0. The quantitative estimate of drug-likeness (QED) is 0.784. The SMILES string of the molecule is Cc1ccc(NC(=S)Nc2cc(F)ccc2F)cc1Cl. The van der Waals surface area contributed by atoms with Crippen LogP contribution in [0.2, 0.25) is 5.02 Å². The van der Waals surface area contributed by atoms with Crippen LogP contribution in [0.25, 0.3) is 0 Å². The highest BCUT2D eigenvalue weighted by molar-refractivity contribution is 7.80. The minimum atomic E-state index is -0.586. The Morgan fingerprint density at radius 3 is 2.55 bits per heavy atom. The fraction of sp³-hybridized carbons (Fsp3) is 0.0714. The van der Waals surface area contributed by atoms with Gasteiger partial charge in [0.2, 0.25) is 0 Å². The molecule has 0 radical (unpaired) electrons. The first kappa shape index (κ1) is 14.7. The minimum absolute atomic E-state index is 0.0271. The van der Waals surface area contributed by atoms with Crippen LogP contribution < -0.4 is 10.6 Å². The van der Waals surface area contributed by atoms with Crippen molar-refractivity contribution in [1.29, 1.82) is 0 Å². The maximum absolute atomic E-state index is 13.4. The van der Waals surface area contributed by atoms with E-state index in [1.54, 1.807) is 12.1 Å². The molecular formula is C14H11ClF2N2S. The van der Waals surface area contributed by atoms with Crippen LogP contribution in [-0.4, -0.2) is 5.11 Å². The number of aryl methyl sites for hydroxylation is 1. The van der Waals surface area contributed by atoms with E-state index in [0.29, 0.717) is 10.7 Å². The molecule has 0 aliphatic rings. The van der Waals surface area contributed by atoms with Crippen molar-refractivity contribution in [2.45, 2.75) is 6.92 Å². The van der Waals surface area contributed by atoms with Gasteiger partial charge in [0.15, 0.2) is 5.11 Å². The van der Waals surface area contributed by atoms with E-state index < -0.39 is 11.6 Å². The molecule has 0 fully saturated rings. The van der Waals surface area contributed by atoms with E-state index in [9.17, 15) is 8.78 Å². The number of hydrogen-bond donors (Lipinski definition) is 2. The second-order valence-corrected chi connectivity index (χ2v) is 4.98. The van der Waals surface area contributed by atoms with Crippen molar-refractivity contribution in [3.05, 3.63) is 58.6 Å². The molecule has 0 spiro atoms. The van der Waals surface area contributed by atoms with Gasteiger partial charge in [0.1, 0.15) is 11.6 Å². The predicted octanol–water partition coefficient (Wildman–Crippen LogP) is 4.74. The number of benzene rings is 2. The van der Waals surface area contributed by atoms with Crippen LogP contribution in [0.15, 0.2) is 36.4 Å². The van der Waals surface area contributed by atoms with Crippen LogP contribution in [0.1, 0.15) is 5.56 Å². The highest BCUT2D eigenvalue weighted by Crippen LogP contribution is 2.21. The molecule has 0 amide bonds. The smallest absolute Gasteiger partial charge is 0.175 e. The van der Waals surface area contributed by atoms with Crippen molar-refractivity contribution in [2.24, 2.45) is 0 Å². The zero-order chi connectivity index (χ0) is 14.7. The third-order valence-electron chi connectivity index (χ3n) is 2.61. The van der Waals surface area contributed by atoms with Gasteiger partial charge < -0.3 is 10.6 Å². The first-order valence-corrected chi connectivity index (χ1v) is 6.53. The molecule has 2 aromatic rings. The monoisotopic (exact) mass is 312 g/mol. The highest BCUT2D eigenvalue weighted by Gasteiger charge is 2.06. The van der Waals surface area contributed by atoms with Gasteiger partial charge in [0.05, 0.1) is 5.69 Å². The van der Waals surface area contributed by atoms with Gasteiger partial charge in [0, 0.05) is 16.8 Å². The van der Waals surface area contributed by atoms with Crippen molar-refractivity contribution < 1.29 is 8.78 Å². The van der Waals surface area contributed by atoms with Crippen molar-refractivity contribution in [3.63, 3.8) is 0 Å². The standard InChI is InChI=1S/C14H11ClF2N2S/c1-8-2-4-10(7-11(8)15)18-14(20)19-13-6-9(16)3-5-12(13)17/h2-7H,1H3,(H2,18,19,20). The number of thiocarbonyl (C=S) groups is 1. The van der Waals surface area contributed by atoms with Crippen LogP contribution in [-0.2, 0) is 0 Å². The lowest BCUT2D eigenvalue weighted by Gasteiger charge is -2.12. The Morgan fingerprint density at radius 2 is 1.85 bits per heavy atom. The average Bonchev–Trinajstić information content (AvgIpc) is 2.38. The van der Waals surface area contributed by atoms with Crippen molar-refractivity contribution in [2.75, 3.05) is 10.6 Å². The Hall–Kier alpha value is -1.72. The maximum Gasteiger partial charge on any atom is 0.175 e. The summed E-state index contributed by atoms with van der Waals surface area (Å²) in [5.41, 5.74) is 1.57. The number of nitrogens with one attached hydrogen (secondary N) is 2. The Labute approximate surface area is 125 Å². The molecule has 6 heteroatoms. The molecule has 0 aliphatic heterocycles. The van der Waals surface area contributed by atoms with Gasteiger partial charge in [-0.3, -0.25) is 0 Å². The molecule has 0 unspecified atom stereocenters. The second-order valence-electron chi connectivity index (χ2n) is 4.17. The third kappa shape index (κ3) is 3.65. The fourth-order valence-electron chi connectivity index (χ4n) is 1.55. The van der Waals surface area contributed by atoms with Gasteiger partial charge in [-0.25, -0.2) is 8.78 Å². The van der Waals surface area contributed by atoms with Crippen LogP contribution in [0.5, 0.6) is 0 Å². The summed E-state index contributed by atoms with van der Waals surface area (Å²) in [7, 11) is 0. The van der Waals surface area contributed by atoms with E-state index in [4.69, 9.17) is 23.8 Å². The topological polar surface area (TPSA) is 24.1 Å². The fourth-order valence-corrected chi connectivity index (χ4v) is 1.96. The maximum atomic E-state index is 13.4. The van der Waals surface area contributed by atoms with E-state index in [2.05, 4.69) is 10.6 Å². The molecule has 2 nitrogen and oxygen atoms in total. The number of halogens is 3. The second kappa shape index (κ2) is 6.15. The third-order valence-corrected chi connectivity index (χ3v) is 3.22. The molecule has 0 bridgehead atoms. The Morgan fingerprint density at radius 1 is 1.10 bits per heavy atom. The lowest BCUT2D eigenvalue weighted by Crippen LogP contribution is -2.19. The molecule has 2 N–H and O–H groups in total. The molecular weight excluding hydrogens is 302 g/mol. The van der Waals surface area contributed by atoms with Gasteiger partial charge in [-0.15, -0.1) is 0 Å². The summed E-state index contributed by atoms with van der Waals surface area (Å²) in [6.07, 6.45) is 0. The molecule has 0 atom stereocenters. The summed E-state index contributed by atoms with van der Waals surface area (Å²) in [6.45, 7) is 1.88. The zero-order valence-electron chi connectivity index (χ0n) is 10.5. The molecule has 2 rings (SSSR count). The molecule has 0 heterocycles. The van der Waals surface area contributed by atoms with Crippen LogP contribution in [0, 0.1) is 18.6 Å². The lowest BCUT2D eigenvalue weighted by molar-refractivity contribution is 0.604. The van der Waals surface area contributed by atoms with Gasteiger partial charge in [-0.05, 0) is 49.0 Å². The van der Waals surface area contributed by atoms with Crippen molar-refractivity contribution in [1.82, 2.24) is 0 Å². The first-order valence-electron chi connectivity index (χ1n) is 5.75. The minimum Gasteiger partial charge on any atom is -0.332 e. The van der Waals surface area contributed by atoms with Crippen LogP contribution in [0.3, 0.4) is 0 Å². The number of rotatable bonds is 2. The molecule has 0 saturated carbocycles. The van der Waals surface area contributed by atoms with Crippen molar-refractivity contribution in [3.8, 4) is 0 Å². The molecule has 104 valence electrons. The first-order chi connectivity index (χ1) is 9.45. The van der Waals surface area contributed by atoms with Crippen LogP contribution in [0.4, 0.5) is 20.2 Å². The van der Waals surface area contributed by atoms with Crippen molar-refractivity contribution >= 4 is 40.3 Å². The Bertz CT molecular complexity index is 662. The molecule has 20 heavy (non-hydrogen) atoms. The molecule has 0 saturated heterocycles. The summed E-state index contributed by atoms with van der Waals surface area (Å²) in [6, 6.07) is 8.42. The van der Waals surface area contributed by atoms with E-state index in [-0.39, 0.29) is 10.8 Å². The zero-order valence-corrected chi connectivity index (χ0v) is 12.1. The van der Waals surface area contributed by atoms with Crippen LogP contribution >= 0.6 is 23.8 Å². The molecule has 0 aromatic heterocycles. The average molecular weight is 313 g/mol. The summed E-state index contributed by atoms with van der Waals surface area (Å²) in [5, 5.41) is 6.19. The van der Waals surface area contributed by atoms with Gasteiger partial charge in [-0.2, -0.15) is 0 Å². The number of anilines is 2. The van der Waals surface area contributed by atoms with E-state index in [1.807, 2.05) is 13.0 Å². The van der Waals surface area contributed by atoms with Gasteiger partial charge >= 0.3 is 0 Å². The number of hydrogen-bond acceptors (Lipinski definition) is 1. The predicted molar refractivity (Wildman–Crippen MR) is 82.4 cm³/mol. The van der Waals surface area contributed by atoms with E-state index in [0.717, 1.165) is 23.8 Å². The van der Waals surface area contributed by atoms with E-state index >= 15 is 0 Å². The summed E-state index contributed by atoms with van der Waals surface area (Å²) < 4.78 is 26.5. The highest BCUT2D eigenvalue weighted by atomic mass is 35.5. The molecule has 2 aromatic carbocycles. The Balaban J connectivity index is 2.09. The normalized spacial score (nSPS) is 10.2.